The highest BCUT2D eigenvalue weighted by molar-refractivity contribution is 5.81. The molecule has 0 aliphatic carbocycles. The van der Waals surface area contributed by atoms with Gasteiger partial charge in [-0.1, -0.05) is 49.4 Å². The monoisotopic (exact) mass is 418 g/mol. The number of benzene rings is 1. The lowest BCUT2D eigenvalue weighted by Crippen LogP contribution is -2.25. The van der Waals surface area contributed by atoms with Crippen LogP contribution in [-0.2, 0) is 30.4 Å². The maximum atomic E-state index is 11.4. The molecule has 0 spiro atoms. The first-order valence-electron chi connectivity index (χ1n) is 10.3. The molecule has 30 heavy (non-hydrogen) atoms. The zero-order valence-electron chi connectivity index (χ0n) is 18.2. The number of carbonyl (C=O) groups is 2. The molecule has 0 unspecified atom stereocenters. The Morgan fingerprint density at radius 1 is 1.20 bits per heavy atom. The molecular weight excluding hydrogens is 384 g/mol. The maximum absolute atomic E-state index is 11.4. The van der Waals surface area contributed by atoms with Crippen LogP contribution < -0.4 is 0 Å². The fraction of sp³-hybridized carbons (Fsp3) is 0.500. The lowest BCUT2D eigenvalue weighted by Gasteiger charge is -2.22. The summed E-state index contributed by atoms with van der Waals surface area (Å²) in [7, 11) is 0. The predicted octanol–water partition coefficient (Wildman–Crippen LogP) is 3.98. The Labute approximate surface area is 179 Å². The molecule has 0 heterocycles. The quantitative estimate of drug-likeness (QED) is 0.280. The fourth-order valence-corrected chi connectivity index (χ4v) is 3.12. The van der Waals surface area contributed by atoms with Gasteiger partial charge in [0.1, 0.15) is 6.10 Å². The molecule has 6 nitrogen and oxygen atoms in total. The molecule has 0 radical (unpaired) electrons. The molecule has 0 bridgehead atoms. The van der Waals surface area contributed by atoms with E-state index in [-0.39, 0.29) is 18.0 Å². The molecule has 1 aromatic rings. The third kappa shape index (κ3) is 12.2. The Hall–Kier alpha value is -2.44. The van der Waals surface area contributed by atoms with Crippen LogP contribution in [0.15, 0.2) is 54.6 Å². The van der Waals surface area contributed by atoms with Gasteiger partial charge in [-0.25, -0.2) is 4.79 Å². The van der Waals surface area contributed by atoms with Crippen molar-refractivity contribution >= 4 is 11.9 Å². The second-order valence-electron chi connectivity index (χ2n) is 7.41. The Balaban J connectivity index is 2.43. The van der Waals surface area contributed by atoms with Crippen LogP contribution in [0.1, 0.15) is 45.6 Å². The van der Waals surface area contributed by atoms with Gasteiger partial charge in [0.15, 0.2) is 0 Å². The Morgan fingerprint density at radius 3 is 2.53 bits per heavy atom. The van der Waals surface area contributed by atoms with E-state index in [0.717, 1.165) is 11.1 Å². The number of rotatable bonds is 14. The van der Waals surface area contributed by atoms with Gasteiger partial charge in [0.05, 0.1) is 25.9 Å². The molecule has 0 aliphatic heterocycles. The average molecular weight is 419 g/mol. The van der Waals surface area contributed by atoms with E-state index in [1.807, 2.05) is 37.3 Å². The fourth-order valence-electron chi connectivity index (χ4n) is 3.12. The van der Waals surface area contributed by atoms with E-state index in [0.29, 0.717) is 39.1 Å². The minimum absolute atomic E-state index is 0.184. The van der Waals surface area contributed by atoms with Gasteiger partial charge in [-0.15, -0.1) is 0 Å². The molecule has 0 saturated heterocycles. The summed E-state index contributed by atoms with van der Waals surface area (Å²) in [5.41, 5.74) is 1.92. The minimum Gasteiger partial charge on any atom is -0.463 e. The first-order chi connectivity index (χ1) is 14.3. The van der Waals surface area contributed by atoms with Crippen LogP contribution in [0.25, 0.3) is 0 Å². The van der Waals surface area contributed by atoms with Crippen LogP contribution in [0, 0.1) is 5.92 Å². The zero-order valence-corrected chi connectivity index (χ0v) is 18.2. The molecule has 0 amide bonds. The summed E-state index contributed by atoms with van der Waals surface area (Å²) in [6, 6.07) is 9.81. The molecule has 166 valence electrons. The second kappa shape index (κ2) is 14.5. The summed E-state index contributed by atoms with van der Waals surface area (Å²) in [5.74, 6) is -0.632. The lowest BCUT2D eigenvalue weighted by molar-refractivity contribution is -0.150. The summed E-state index contributed by atoms with van der Waals surface area (Å²) in [4.78, 5) is 22.7. The smallest absolute Gasteiger partial charge is 0.330 e. The molecule has 1 rings (SSSR count). The Bertz CT molecular complexity index is 682. The van der Waals surface area contributed by atoms with Crippen LogP contribution in [0.2, 0.25) is 0 Å². The number of esters is 2. The van der Waals surface area contributed by atoms with Crippen molar-refractivity contribution < 1.29 is 28.9 Å². The van der Waals surface area contributed by atoms with Gasteiger partial charge in [0, 0.05) is 13.0 Å². The van der Waals surface area contributed by atoms with Crippen molar-refractivity contribution in [3.05, 3.63) is 60.2 Å². The zero-order chi connectivity index (χ0) is 22.4. The minimum atomic E-state index is -0.799. The van der Waals surface area contributed by atoms with Gasteiger partial charge in [0.2, 0.25) is 0 Å². The van der Waals surface area contributed by atoms with Crippen molar-refractivity contribution in [2.45, 2.75) is 58.8 Å². The topological polar surface area (TPSA) is 82.1 Å². The number of aliphatic hydroxyl groups is 1. The van der Waals surface area contributed by atoms with Crippen molar-refractivity contribution in [1.29, 1.82) is 0 Å². The highest BCUT2D eigenvalue weighted by atomic mass is 16.6. The first kappa shape index (κ1) is 25.6. The summed E-state index contributed by atoms with van der Waals surface area (Å²) in [5, 5.41) is 10.0. The standard InChI is InChI=1S/C24H34O6/c1-5-29-24(27)12-11-22(26)14-18(2)13-19(3)15-23(30-20(4)25)17-28-16-21-9-7-6-8-10-21/h6-12,19,22-23,26H,2,5,13-17H2,1,3-4H3/b12-11+/t19-,22+,23+/m0/s1. The van der Waals surface area contributed by atoms with Crippen molar-refractivity contribution in [1.82, 2.24) is 0 Å². The highest BCUT2D eigenvalue weighted by Crippen LogP contribution is 2.21. The van der Waals surface area contributed by atoms with Crippen LogP contribution in [0.5, 0.6) is 0 Å². The normalized spacial score (nSPS) is 14.1. The predicted molar refractivity (Wildman–Crippen MR) is 116 cm³/mol. The third-order valence-electron chi connectivity index (χ3n) is 4.29. The van der Waals surface area contributed by atoms with Crippen LogP contribution in [-0.4, -0.2) is 42.5 Å². The van der Waals surface area contributed by atoms with E-state index >= 15 is 0 Å². The Kier molecular flexibility index (Phi) is 12.4. The summed E-state index contributed by atoms with van der Waals surface area (Å²) >= 11 is 0. The molecule has 0 saturated carbocycles. The second-order valence-corrected chi connectivity index (χ2v) is 7.41. The molecule has 3 atom stereocenters. The molecule has 0 fully saturated rings. The SMILES string of the molecule is C=C(C[C@H](C)C[C@H](COCc1ccccc1)OC(C)=O)C[C@H](O)/C=C/C(=O)OCC. The number of aliphatic hydroxyl groups excluding tert-OH is 1. The van der Waals surface area contributed by atoms with Gasteiger partial charge < -0.3 is 19.3 Å². The Morgan fingerprint density at radius 2 is 1.90 bits per heavy atom. The van der Waals surface area contributed by atoms with E-state index in [2.05, 4.69) is 6.58 Å². The number of ether oxygens (including phenoxy) is 3. The van der Waals surface area contributed by atoms with Crippen molar-refractivity contribution in [2.24, 2.45) is 5.92 Å². The molecule has 1 N–H and O–H groups in total. The van der Waals surface area contributed by atoms with E-state index < -0.39 is 12.1 Å². The average Bonchev–Trinajstić information content (AvgIpc) is 2.66. The first-order valence-corrected chi connectivity index (χ1v) is 10.3. The van der Waals surface area contributed by atoms with Gasteiger partial charge in [-0.3, -0.25) is 4.79 Å². The number of carbonyl (C=O) groups excluding carboxylic acids is 2. The lowest BCUT2D eigenvalue weighted by atomic mass is 9.93. The third-order valence-corrected chi connectivity index (χ3v) is 4.29. The number of hydrogen-bond donors (Lipinski definition) is 1. The van der Waals surface area contributed by atoms with Gasteiger partial charge in [0.25, 0.3) is 0 Å². The van der Waals surface area contributed by atoms with Crippen molar-refractivity contribution in [2.75, 3.05) is 13.2 Å². The molecule has 0 aliphatic rings. The highest BCUT2D eigenvalue weighted by Gasteiger charge is 2.18. The largest absolute Gasteiger partial charge is 0.463 e. The summed E-state index contributed by atoms with van der Waals surface area (Å²) in [6.45, 7) is 10.2. The van der Waals surface area contributed by atoms with E-state index in [9.17, 15) is 14.7 Å². The maximum Gasteiger partial charge on any atom is 0.330 e. The van der Waals surface area contributed by atoms with Crippen molar-refractivity contribution in [3.8, 4) is 0 Å². The van der Waals surface area contributed by atoms with E-state index in [1.165, 1.54) is 19.1 Å². The number of hydrogen-bond acceptors (Lipinski definition) is 6. The van der Waals surface area contributed by atoms with Crippen LogP contribution in [0.4, 0.5) is 0 Å². The van der Waals surface area contributed by atoms with Gasteiger partial charge >= 0.3 is 11.9 Å². The summed E-state index contributed by atoms with van der Waals surface area (Å²) in [6.07, 6.45) is 3.14. The van der Waals surface area contributed by atoms with Gasteiger partial charge in [-0.2, -0.15) is 0 Å². The van der Waals surface area contributed by atoms with E-state index in [1.54, 1.807) is 6.92 Å². The van der Waals surface area contributed by atoms with E-state index in [4.69, 9.17) is 14.2 Å². The molecule has 6 heteroatoms. The molecular formula is C24H34O6. The molecule has 1 aromatic carbocycles. The van der Waals surface area contributed by atoms with Crippen LogP contribution >= 0.6 is 0 Å². The summed E-state index contributed by atoms with van der Waals surface area (Å²) < 4.78 is 15.9. The molecule has 0 aromatic heterocycles. The van der Waals surface area contributed by atoms with Gasteiger partial charge in [-0.05, 0) is 43.7 Å². The van der Waals surface area contributed by atoms with Crippen LogP contribution in [0.3, 0.4) is 0 Å². The van der Waals surface area contributed by atoms with Crippen molar-refractivity contribution in [3.63, 3.8) is 0 Å².